The Hall–Kier alpha value is -1.97. The van der Waals surface area contributed by atoms with E-state index in [1.54, 1.807) is 26.3 Å². The molecule has 2 aromatic rings. The summed E-state index contributed by atoms with van der Waals surface area (Å²) in [5.74, 6) is 2.28. The third kappa shape index (κ3) is 4.60. The lowest BCUT2D eigenvalue weighted by atomic mass is 10.0. The molecule has 1 saturated heterocycles. The number of likely N-dealkylation sites (tertiary alicyclic amines) is 1. The standard InChI is InChI=1S/C18H25N5O2.HI/c1-19-18(20-9-14-8-16(25-3)4-5-17(14)24)23-7-6-13(12-23)15-10-21-22(2)11-15;/h4-5,8,10-11,13,24H,6-7,9,12H2,1-3H3,(H,19,20);1H. The predicted octanol–water partition coefficient (Wildman–Crippen LogP) is 2.32. The van der Waals surface area contributed by atoms with Crippen molar-refractivity contribution in [3.05, 3.63) is 41.7 Å². The van der Waals surface area contributed by atoms with Crippen LogP contribution in [-0.4, -0.2) is 53.0 Å². The summed E-state index contributed by atoms with van der Waals surface area (Å²) in [5.41, 5.74) is 2.05. The minimum absolute atomic E-state index is 0. The molecule has 2 N–H and O–H groups in total. The molecular weight excluding hydrogens is 445 g/mol. The number of aromatic nitrogens is 2. The Bertz CT molecular complexity index is 762. The van der Waals surface area contributed by atoms with Gasteiger partial charge in [-0.15, -0.1) is 24.0 Å². The number of benzene rings is 1. The van der Waals surface area contributed by atoms with Crippen molar-refractivity contribution in [2.45, 2.75) is 18.9 Å². The van der Waals surface area contributed by atoms with Gasteiger partial charge in [0, 0.05) is 51.4 Å². The Labute approximate surface area is 171 Å². The van der Waals surface area contributed by atoms with Gasteiger partial charge in [-0.25, -0.2) is 0 Å². The van der Waals surface area contributed by atoms with Crippen LogP contribution in [-0.2, 0) is 13.6 Å². The van der Waals surface area contributed by atoms with Crippen LogP contribution in [0.15, 0.2) is 35.6 Å². The number of hydrogen-bond donors (Lipinski definition) is 2. The van der Waals surface area contributed by atoms with E-state index in [9.17, 15) is 5.11 Å². The summed E-state index contributed by atoms with van der Waals surface area (Å²) >= 11 is 0. The van der Waals surface area contributed by atoms with Gasteiger partial charge in [0.25, 0.3) is 0 Å². The Balaban J connectivity index is 0.00000243. The molecule has 0 radical (unpaired) electrons. The molecule has 26 heavy (non-hydrogen) atoms. The molecule has 1 aromatic heterocycles. The molecule has 1 aliphatic rings. The molecule has 0 aliphatic carbocycles. The van der Waals surface area contributed by atoms with E-state index in [0.29, 0.717) is 12.5 Å². The van der Waals surface area contributed by atoms with Crippen LogP contribution in [0.1, 0.15) is 23.5 Å². The van der Waals surface area contributed by atoms with Gasteiger partial charge >= 0.3 is 0 Å². The molecule has 1 aliphatic heterocycles. The number of nitrogens with zero attached hydrogens (tertiary/aromatic N) is 4. The first kappa shape index (κ1) is 20.3. The molecule has 2 heterocycles. The van der Waals surface area contributed by atoms with Gasteiger partial charge in [0.2, 0.25) is 0 Å². The summed E-state index contributed by atoms with van der Waals surface area (Å²) in [5, 5.41) is 17.6. The molecule has 3 rings (SSSR count). The monoisotopic (exact) mass is 471 g/mol. The summed E-state index contributed by atoms with van der Waals surface area (Å²) in [6, 6.07) is 5.22. The number of methoxy groups -OCH3 is 1. The van der Waals surface area contributed by atoms with Gasteiger partial charge < -0.3 is 20.1 Å². The van der Waals surface area contributed by atoms with Crippen LogP contribution in [0.25, 0.3) is 0 Å². The maximum absolute atomic E-state index is 10.0. The van der Waals surface area contributed by atoms with Crippen molar-refractivity contribution < 1.29 is 9.84 Å². The SMILES string of the molecule is CN=C(NCc1cc(OC)ccc1O)N1CCC(c2cnn(C)c2)C1.I. The van der Waals surface area contributed by atoms with Crippen LogP contribution < -0.4 is 10.1 Å². The molecule has 1 unspecified atom stereocenters. The lowest BCUT2D eigenvalue weighted by Gasteiger charge is -2.22. The maximum Gasteiger partial charge on any atom is 0.193 e. The van der Waals surface area contributed by atoms with E-state index in [4.69, 9.17) is 4.74 Å². The largest absolute Gasteiger partial charge is 0.508 e. The minimum Gasteiger partial charge on any atom is -0.508 e. The summed E-state index contributed by atoms with van der Waals surface area (Å²) in [6.45, 7) is 2.35. The lowest BCUT2D eigenvalue weighted by Crippen LogP contribution is -2.39. The second kappa shape index (κ2) is 9.11. The topological polar surface area (TPSA) is 74.9 Å². The number of hydrogen-bond acceptors (Lipinski definition) is 4. The van der Waals surface area contributed by atoms with Crippen molar-refractivity contribution in [3.63, 3.8) is 0 Å². The van der Waals surface area contributed by atoms with Crippen molar-refractivity contribution in [1.29, 1.82) is 0 Å². The summed E-state index contributed by atoms with van der Waals surface area (Å²) in [4.78, 5) is 6.63. The van der Waals surface area contributed by atoms with Crippen LogP contribution in [0.5, 0.6) is 11.5 Å². The molecule has 8 heteroatoms. The van der Waals surface area contributed by atoms with Gasteiger partial charge in [-0.1, -0.05) is 0 Å². The molecular formula is C18H26IN5O2. The first-order chi connectivity index (χ1) is 12.1. The molecule has 1 atom stereocenters. The quantitative estimate of drug-likeness (QED) is 0.407. The van der Waals surface area contributed by atoms with E-state index in [-0.39, 0.29) is 29.7 Å². The van der Waals surface area contributed by atoms with Gasteiger partial charge in [-0.3, -0.25) is 9.67 Å². The highest BCUT2D eigenvalue weighted by Crippen LogP contribution is 2.27. The third-order valence-corrected chi connectivity index (χ3v) is 4.62. The number of ether oxygens (including phenoxy) is 1. The highest BCUT2D eigenvalue weighted by atomic mass is 127. The molecule has 1 fully saturated rings. The van der Waals surface area contributed by atoms with Crippen molar-refractivity contribution in [2.75, 3.05) is 27.2 Å². The zero-order valence-electron chi connectivity index (χ0n) is 15.3. The molecule has 1 aromatic carbocycles. The van der Waals surface area contributed by atoms with Crippen LogP contribution in [0.2, 0.25) is 0 Å². The zero-order valence-corrected chi connectivity index (χ0v) is 17.7. The summed E-state index contributed by atoms with van der Waals surface area (Å²) in [6.07, 6.45) is 5.11. The van der Waals surface area contributed by atoms with E-state index >= 15 is 0 Å². The van der Waals surface area contributed by atoms with E-state index in [1.165, 1.54) is 5.56 Å². The second-order valence-electron chi connectivity index (χ2n) is 6.27. The maximum atomic E-state index is 10.0. The number of phenolic OH excluding ortho intramolecular Hbond substituents is 1. The molecule has 7 nitrogen and oxygen atoms in total. The van der Waals surface area contributed by atoms with Gasteiger partial charge in [0.15, 0.2) is 5.96 Å². The molecule has 142 valence electrons. The molecule has 0 amide bonds. The van der Waals surface area contributed by atoms with Crippen molar-refractivity contribution in [3.8, 4) is 11.5 Å². The normalized spacial score (nSPS) is 17.1. The number of aliphatic imine (C=N–C) groups is 1. The number of guanidine groups is 1. The van der Waals surface area contributed by atoms with Crippen LogP contribution in [0.3, 0.4) is 0 Å². The summed E-state index contributed by atoms with van der Waals surface area (Å²) in [7, 11) is 5.34. The highest BCUT2D eigenvalue weighted by molar-refractivity contribution is 14.0. The van der Waals surface area contributed by atoms with E-state index < -0.39 is 0 Å². The fourth-order valence-electron chi connectivity index (χ4n) is 3.21. The summed E-state index contributed by atoms with van der Waals surface area (Å²) < 4.78 is 7.06. The average Bonchev–Trinajstić information content (AvgIpc) is 3.26. The molecule has 0 spiro atoms. The van der Waals surface area contributed by atoms with Gasteiger partial charge in [-0.05, 0) is 30.2 Å². The minimum atomic E-state index is 0. The number of aryl methyl sites for hydroxylation is 1. The Kier molecular flexibility index (Phi) is 7.13. The smallest absolute Gasteiger partial charge is 0.193 e. The number of halogens is 1. The third-order valence-electron chi connectivity index (χ3n) is 4.62. The van der Waals surface area contributed by atoms with Gasteiger partial charge in [0.1, 0.15) is 11.5 Å². The average molecular weight is 471 g/mol. The fraction of sp³-hybridized carbons (Fsp3) is 0.444. The fourth-order valence-corrected chi connectivity index (χ4v) is 3.21. The van der Waals surface area contributed by atoms with E-state index in [1.807, 2.05) is 24.0 Å². The first-order valence-electron chi connectivity index (χ1n) is 8.40. The second-order valence-corrected chi connectivity index (χ2v) is 6.27. The van der Waals surface area contributed by atoms with Crippen LogP contribution >= 0.6 is 24.0 Å². The lowest BCUT2D eigenvalue weighted by molar-refractivity contribution is 0.410. The molecule has 0 bridgehead atoms. The van der Waals surface area contributed by atoms with E-state index in [2.05, 4.69) is 26.5 Å². The number of nitrogens with one attached hydrogen (secondary N) is 1. The van der Waals surface area contributed by atoms with Crippen LogP contribution in [0.4, 0.5) is 0 Å². The van der Waals surface area contributed by atoms with Crippen molar-refractivity contribution in [1.82, 2.24) is 20.0 Å². The first-order valence-corrected chi connectivity index (χ1v) is 8.40. The number of rotatable bonds is 4. The molecule has 0 saturated carbocycles. The highest BCUT2D eigenvalue weighted by Gasteiger charge is 2.26. The zero-order chi connectivity index (χ0) is 17.8. The Morgan fingerprint density at radius 2 is 2.27 bits per heavy atom. The number of aromatic hydroxyl groups is 1. The predicted molar refractivity (Wildman–Crippen MR) is 112 cm³/mol. The van der Waals surface area contributed by atoms with Gasteiger partial charge in [0.05, 0.1) is 13.3 Å². The van der Waals surface area contributed by atoms with Gasteiger partial charge in [-0.2, -0.15) is 5.10 Å². The van der Waals surface area contributed by atoms with Crippen molar-refractivity contribution in [2.24, 2.45) is 12.0 Å². The van der Waals surface area contributed by atoms with Crippen molar-refractivity contribution >= 4 is 29.9 Å². The Morgan fingerprint density at radius 3 is 2.92 bits per heavy atom. The Morgan fingerprint density at radius 1 is 1.46 bits per heavy atom. The van der Waals surface area contributed by atoms with E-state index in [0.717, 1.165) is 36.8 Å². The van der Waals surface area contributed by atoms with Crippen LogP contribution in [0, 0.1) is 0 Å². The number of phenols is 1.